The fourth-order valence-corrected chi connectivity index (χ4v) is 5.67. The van der Waals surface area contributed by atoms with Crippen molar-refractivity contribution in [3.63, 3.8) is 0 Å². The van der Waals surface area contributed by atoms with Crippen molar-refractivity contribution in [3.05, 3.63) is 16.6 Å². The monoisotopic (exact) mass is 436 g/mol. The molecule has 2 amide bonds. The van der Waals surface area contributed by atoms with E-state index >= 15 is 0 Å². The molecular formula is C21H32N4O4S. The summed E-state index contributed by atoms with van der Waals surface area (Å²) in [7, 11) is 0. The molecule has 4 atom stereocenters. The van der Waals surface area contributed by atoms with Crippen molar-refractivity contribution >= 4 is 23.2 Å². The number of nitrogens with zero attached hydrogens (tertiary/aromatic N) is 3. The van der Waals surface area contributed by atoms with E-state index < -0.39 is 0 Å². The Morgan fingerprint density at radius 2 is 2.10 bits per heavy atom. The topological polar surface area (TPSA) is 84.0 Å². The van der Waals surface area contributed by atoms with Gasteiger partial charge in [0.15, 0.2) is 0 Å². The largest absolute Gasteiger partial charge is 0.378 e. The second-order valence-corrected chi connectivity index (χ2v) is 9.77. The van der Waals surface area contributed by atoms with Gasteiger partial charge in [-0.05, 0) is 19.8 Å². The number of aromatic nitrogens is 1. The van der Waals surface area contributed by atoms with Crippen LogP contribution in [0.1, 0.15) is 31.6 Å². The third-order valence-corrected chi connectivity index (χ3v) is 7.08. The summed E-state index contributed by atoms with van der Waals surface area (Å²) in [5, 5.41) is 3.02. The van der Waals surface area contributed by atoms with E-state index in [1.165, 1.54) is 4.88 Å². The SMILES string of the molecule is CC(C)NC(=O)C[C@@H]1CN(Cc2cncs2)[C@@H]2CO[C@@H](CC(=O)N3CCOCC3)[C@H]12. The summed E-state index contributed by atoms with van der Waals surface area (Å²) >= 11 is 1.65. The average molecular weight is 437 g/mol. The van der Waals surface area contributed by atoms with Gasteiger partial charge < -0.3 is 19.7 Å². The number of likely N-dealkylation sites (tertiary alicyclic amines) is 1. The maximum atomic E-state index is 12.8. The Morgan fingerprint density at radius 3 is 2.80 bits per heavy atom. The Balaban J connectivity index is 1.45. The Kier molecular flexibility index (Phi) is 7.02. The number of carbonyl (C=O) groups excluding carboxylic acids is 2. The summed E-state index contributed by atoms with van der Waals surface area (Å²) in [6.45, 7) is 8.75. The molecule has 4 rings (SSSR count). The Morgan fingerprint density at radius 1 is 1.30 bits per heavy atom. The van der Waals surface area contributed by atoms with Gasteiger partial charge in [0, 0.05) is 61.7 Å². The van der Waals surface area contributed by atoms with E-state index in [2.05, 4.69) is 15.2 Å². The van der Waals surface area contributed by atoms with Crippen molar-refractivity contribution < 1.29 is 19.1 Å². The van der Waals surface area contributed by atoms with Crippen LogP contribution in [0.2, 0.25) is 0 Å². The molecule has 1 N–H and O–H groups in total. The van der Waals surface area contributed by atoms with Crippen LogP contribution in [0.4, 0.5) is 0 Å². The van der Waals surface area contributed by atoms with Crippen molar-refractivity contribution in [2.45, 2.75) is 51.4 Å². The minimum absolute atomic E-state index is 0.0820. The number of thiazole rings is 1. The van der Waals surface area contributed by atoms with E-state index in [0.717, 1.165) is 13.1 Å². The molecule has 4 heterocycles. The summed E-state index contributed by atoms with van der Waals surface area (Å²) in [6.07, 6.45) is 2.64. The molecule has 9 heteroatoms. The van der Waals surface area contributed by atoms with Gasteiger partial charge in [-0.25, -0.2) is 0 Å². The molecule has 30 heavy (non-hydrogen) atoms. The molecule has 3 aliphatic rings. The lowest BCUT2D eigenvalue weighted by Gasteiger charge is -2.29. The first kappa shape index (κ1) is 21.7. The minimum atomic E-state index is -0.131. The molecule has 0 aromatic carbocycles. The molecule has 0 saturated carbocycles. The number of ether oxygens (including phenoxy) is 2. The predicted molar refractivity (Wildman–Crippen MR) is 113 cm³/mol. The molecule has 0 radical (unpaired) electrons. The summed E-state index contributed by atoms with van der Waals surface area (Å²) in [5.41, 5.74) is 1.85. The van der Waals surface area contributed by atoms with Gasteiger partial charge in [0.1, 0.15) is 0 Å². The van der Waals surface area contributed by atoms with Crippen LogP contribution < -0.4 is 5.32 Å². The van der Waals surface area contributed by atoms with Gasteiger partial charge in [-0.3, -0.25) is 19.5 Å². The van der Waals surface area contributed by atoms with E-state index in [0.29, 0.717) is 45.8 Å². The zero-order chi connectivity index (χ0) is 21.1. The van der Waals surface area contributed by atoms with E-state index in [-0.39, 0.29) is 41.8 Å². The Bertz CT molecular complexity index is 723. The van der Waals surface area contributed by atoms with Gasteiger partial charge in [-0.2, -0.15) is 0 Å². The lowest BCUT2D eigenvalue weighted by Crippen LogP contribution is -2.43. The summed E-state index contributed by atoms with van der Waals surface area (Å²) < 4.78 is 11.5. The molecule has 0 unspecified atom stereocenters. The van der Waals surface area contributed by atoms with Crippen molar-refractivity contribution in [1.82, 2.24) is 20.1 Å². The normalized spacial score (nSPS) is 29.4. The number of fused-ring (bicyclic) bond motifs is 1. The Hall–Kier alpha value is -1.55. The van der Waals surface area contributed by atoms with E-state index in [4.69, 9.17) is 9.47 Å². The predicted octanol–water partition coefficient (Wildman–Crippen LogP) is 1.12. The van der Waals surface area contributed by atoms with E-state index in [1.807, 2.05) is 30.5 Å². The molecule has 0 aliphatic carbocycles. The highest BCUT2D eigenvalue weighted by atomic mass is 32.1. The molecule has 3 aliphatic heterocycles. The van der Waals surface area contributed by atoms with Gasteiger partial charge in [-0.1, -0.05) is 0 Å². The third-order valence-electron chi connectivity index (χ3n) is 6.32. The zero-order valence-corrected chi connectivity index (χ0v) is 18.6. The molecule has 8 nitrogen and oxygen atoms in total. The molecule has 166 valence electrons. The number of amides is 2. The number of rotatable bonds is 7. The highest BCUT2D eigenvalue weighted by Gasteiger charge is 2.51. The van der Waals surface area contributed by atoms with Crippen molar-refractivity contribution in [2.75, 3.05) is 39.5 Å². The van der Waals surface area contributed by atoms with Gasteiger partial charge in [0.25, 0.3) is 0 Å². The minimum Gasteiger partial charge on any atom is -0.378 e. The second-order valence-electron chi connectivity index (χ2n) is 8.80. The molecule has 0 bridgehead atoms. The first-order valence-electron chi connectivity index (χ1n) is 10.9. The number of carbonyl (C=O) groups is 2. The van der Waals surface area contributed by atoms with Crippen LogP contribution in [0, 0.1) is 11.8 Å². The van der Waals surface area contributed by atoms with Crippen LogP contribution in [-0.4, -0.2) is 84.2 Å². The maximum absolute atomic E-state index is 12.8. The van der Waals surface area contributed by atoms with E-state index in [1.54, 1.807) is 11.3 Å². The third kappa shape index (κ3) is 5.01. The molecule has 1 aromatic rings. The number of nitrogens with one attached hydrogen (secondary N) is 1. The van der Waals surface area contributed by atoms with Gasteiger partial charge in [0.2, 0.25) is 11.8 Å². The standard InChI is InChI=1S/C21H32N4O4S/c1-14(2)23-19(26)7-15-10-25(11-16-9-22-13-30-16)17-12-29-18(21(15)17)8-20(27)24-3-5-28-6-4-24/h9,13-15,17-18,21H,3-8,10-12H2,1-2H3,(H,23,26)/t15-,17-,18+,21-/m1/s1. The van der Waals surface area contributed by atoms with Gasteiger partial charge >= 0.3 is 0 Å². The van der Waals surface area contributed by atoms with Gasteiger partial charge in [-0.15, -0.1) is 11.3 Å². The quantitative estimate of drug-likeness (QED) is 0.690. The lowest BCUT2D eigenvalue weighted by molar-refractivity contribution is -0.138. The maximum Gasteiger partial charge on any atom is 0.225 e. The van der Waals surface area contributed by atoms with Crippen LogP contribution in [0.5, 0.6) is 0 Å². The fourth-order valence-electron chi connectivity index (χ4n) is 5.05. The summed E-state index contributed by atoms with van der Waals surface area (Å²) in [4.78, 5) is 35.1. The molecule has 1 aromatic heterocycles. The summed E-state index contributed by atoms with van der Waals surface area (Å²) in [5.74, 6) is 0.598. The number of hydrogen-bond donors (Lipinski definition) is 1. The van der Waals surface area contributed by atoms with Crippen LogP contribution in [0.15, 0.2) is 11.7 Å². The van der Waals surface area contributed by atoms with Crippen LogP contribution >= 0.6 is 11.3 Å². The van der Waals surface area contributed by atoms with Crippen LogP contribution in [0.3, 0.4) is 0 Å². The first-order valence-corrected chi connectivity index (χ1v) is 11.8. The molecular weight excluding hydrogens is 404 g/mol. The smallest absolute Gasteiger partial charge is 0.225 e. The molecule has 0 spiro atoms. The number of hydrogen-bond acceptors (Lipinski definition) is 7. The second kappa shape index (κ2) is 9.72. The molecule has 3 saturated heterocycles. The van der Waals surface area contributed by atoms with Crippen LogP contribution in [-0.2, 0) is 25.6 Å². The average Bonchev–Trinajstić information content (AvgIpc) is 3.43. The van der Waals surface area contributed by atoms with Crippen molar-refractivity contribution in [2.24, 2.45) is 11.8 Å². The fraction of sp³-hybridized carbons (Fsp3) is 0.762. The number of morpholine rings is 1. The Labute approximate surface area is 181 Å². The summed E-state index contributed by atoms with van der Waals surface area (Å²) in [6, 6.07) is 0.368. The van der Waals surface area contributed by atoms with Crippen LogP contribution in [0.25, 0.3) is 0 Å². The molecule has 3 fully saturated rings. The van der Waals surface area contributed by atoms with Gasteiger partial charge in [0.05, 0.1) is 37.9 Å². The zero-order valence-electron chi connectivity index (χ0n) is 17.8. The highest BCUT2D eigenvalue weighted by molar-refractivity contribution is 7.09. The first-order chi connectivity index (χ1) is 14.5. The van der Waals surface area contributed by atoms with Crippen molar-refractivity contribution in [1.29, 1.82) is 0 Å². The lowest BCUT2D eigenvalue weighted by atomic mass is 9.84. The van der Waals surface area contributed by atoms with E-state index in [9.17, 15) is 9.59 Å². The highest BCUT2D eigenvalue weighted by Crippen LogP contribution is 2.42. The van der Waals surface area contributed by atoms with Crippen molar-refractivity contribution in [3.8, 4) is 0 Å².